The highest BCUT2D eigenvalue weighted by Gasteiger charge is 2.30. The Bertz CT molecular complexity index is 1050. The summed E-state index contributed by atoms with van der Waals surface area (Å²) in [6.45, 7) is 6.81. The number of ether oxygens (including phenoxy) is 3. The van der Waals surface area contributed by atoms with Crippen molar-refractivity contribution in [1.82, 2.24) is 4.90 Å². The molecule has 0 spiro atoms. The van der Waals surface area contributed by atoms with Gasteiger partial charge >= 0.3 is 6.09 Å². The highest BCUT2D eigenvalue weighted by molar-refractivity contribution is 5.68. The molecule has 0 saturated carbocycles. The van der Waals surface area contributed by atoms with Crippen LogP contribution in [-0.2, 0) is 18.0 Å². The van der Waals surface area contributed by atoms with E-state index in [4.69, 9.17) is 14.2 Å². The van der Waals surface area contributed by atoms with E-state index >= 15 is 0 Å². The molecular formula is C29H33NO4. The Balaban J connectivity index is 1.47. The lowest BCUT2D eigenvalue weighted by molar-refractivity contribution is 0.0991. The van der Waals surface area contributed by atoms with Crippen LogP contribution in [-0.4, -0.2) is 30.7 Å². The Labute approximate surface area is 202 Å². The lowest BCUT2D eigenvalue weighted by atomic mass is 9.97. The van der Waals surface area contributed by atoms with Crippen LogP contribution in [0.25, 0.3) is 0 Å². The minimum absolute atomic E-state index is 0.195. The molecule has 1 amide bonds. The fourth-order valence-corrected chi connectivity index (χ4v) is 4.05. The van der Waals surface area contributed by atoms with Crippen molar-refractivity contribution in [3.63, 3.8) is 0 Å². The molecule has 0 aromatic heterocycles. The fourth-order valence-electron chi connectivity index (χ4n) is 4.05. The molecule has 34 heavy (non-hydrogen) atoms. The van der Waals surface area contributed by atoms with Crippen molar-refractivity contribution >= 4 is 6.09 Å². The Kier molecular flexibility index (Phi) is 8.08. The number of carbonyl (C=O) groups is 1. The smallest absolute Gasteiger partial charge is 0.409 e. The third-order valence-corrected chi connectivity index (χ3v) is 5.90. The maximum Gasteiger partial charge on any atom is 0.409 e. The van der Waals surface area contributed by atoms with Gasteiger partial charge in [0.2, 0.25) is 0 Å². The summed E-state index contributed by atoms with van der Waals surface area (Å²) in [4.78, 5) is 14.2. The average Bonchev–Trinajstić information content (AvgIpc) is 3.36. The van der Waals surface area contributed by atoms with Crippen LogP contribution in [0.1, 0.15) is 42.9 Å². The maximum atomic E-state index is 12.4. The van der Waals surface area contributed by atoms with E-state index in [1.54, 1.807) is 4.90 Å². The molecule has 0 N–H and O–H groups in total. The second-order valence-corrected chi connectivity index (χ2v) is 9.15. The number of nitrogens with zero attached hydrogens (tertiary/aromatic N) is 1. The molecule has 0 aliphatic carbocycles. The van der Waals surface area contributed by atoms with Gasteiger partial charge in [-0.1, -0.05) is 80.6 Å². The van der Waals surface area contributed by atoms with Gasteiger partial charge in [0.1, 0.15) is 24.7 Å². The van der Waals surface area contributed by atoms with E-state index in [2.05, 4.69) is 18.2 Å². The molecule has 5 heteroatoms. The summed E-state index contributed by atoms with van der Waals surface area (Å²) in [7, 11) is 0. The molecule has 0 radical (unpaired) electrons. The lowest BCUT2D eigenvalue weighted by Gasteiger charge is -2.20. The monoisotopic (exact) mass is 459 g/mol. The van der Waals surface area contributed by atoms with Gasteiger partial charge in [-0.25, -0.2) is 4.79 Å². The van der Waals surface area contributed by atoms with Gasteiger partial charge in [0.05, 0.1) is 6.61 Å². The first-order valence-electron chi connectivity index (χ1n) is 12.0. The van der Waals surface area contributed by atoms with Crippen LogP contribution in [0.2, 0.25) is 0 Å². The Morgan fingerprint density at radius 3 is 2.21 bits per heavy atom. The van der Waals surface area contributed by atoms with E-state index in [1.807, 2.05) is 74.5 Å². The minimum Gasteiger partial charge on any atom is -0.489 e. The van der Waals surface area contributed by atoms with Gasteiger partial charge in [-0.3, -0.25) is 0 Å². The van der Waals surface area contributed by atoms with E-state index in [1.165, 1.54) is 0 Å². The SMILES string of the molecule is CC(C)COC(=O)N1CCC(c2ccc(OCc3ccccc3)cc2OCc2ccccc2)C1. The number of amides is 1. The fraction of sp³-hybridized carbons (Fsp3) is 0.345. The Morgan fingerprint density at radius 1 is 0.912 bits per heavy atom. The first-order valence-corrected chi connectivity index (χ1v) is 12.0. The molecule has 1 heterocycles. The Morgan fingerprint density at radius 2 is 1.56 bits per heavy atom. The molecule has 178 valence electrons. The van der Waals surface area contributed by atoms with Crippen LogP contribution in [0.4, 0.5) is 4.79 Å². The van der Waals surface area contributed by atoms with E-state index in [9.17, 15) is 4.79 Å². The van der Waals surface area contributed by atoms with Crippen LogP contribution in [0.15, 0.2) is 78.9 Å². The summed E-state index contributed by atoms with van der Waals surface area (Å²) in [5.74, 6) is 2.09. The van der Waals surface area contributed by atoms with Crippen molar-refractivity contribution in [1.29, 1.82) is 0 Å². The molecule has 1 unspecified atom stereocenters. The number of hydrogen-bond donors (Lipinski definition) is 0. The van der Waals surface area contributed by atoms with Crippen LogP contribution in [0, 0.1) is 5.92 Å². The van der Waals surface area contributed by atoms with E-state index in [0.29, 0.717) is 38.8 Å². The molecule has 1 aliphatic rings. The van der Waals surface area contributed by atoms with Crippen LogP contribution in [0.3, 0.4) is 0 Å². The number of likely N-dealkylation sites (tertiary alicyclic amines) is 1. The molecule has 3 aromatic rings. The predicted molar refractivity (Wildman–Crippen MR) is 133 cm³/mol. The number of rotatable bonds is 9. The lowest BCUT2D eigenvalue weighted by Crippen LogP contribution is -2.30. The first kappa shape index (κ1) is 23.7. The number of carbonyl (C=O) groups excluding carboxylic acids is 1. The topological polar surface area (TPSA) is 48.0 Å². The maximum absolute atomic E-state index is 12.4. The first-order chi connectivity index (χ1) is 16.6. The van der Waals surface area contributed by atoms with Crippen LogP contribution < -0.4 is 9.47 Å². The molecule has 1 saturated heterocycles. The van der Waals surface area contributed by atoms with Crippen LogP contribution >= 0.6 is 0 Å². The molecule has 4 rings (SSSR count). The molecule has 1 atom stereocenters. The second-order valence-electron chi connectivity index (χ2n) is 9.15. The van der Waals surface area contributed by atoms with Crippen molar-refractivity contribution in [2.75, 3.05) is 19.7 Å². The van der Waals surface area contributed by atoms with E-state index in [-0.39, 0.29) is 12.0 Å². The third kappa shape index (κ3) is 6.53. The summed E-state index contributed by atoms with van der Waals surface area (Å²) >= 11 is 0. The summed E-state index contributed by atoms with van der Waals surface area (Å²) < 4.78 is 17.8. The molecule has 5 nitrogen and oxygen atoms in total. The molecule has 1 fully saturated rings. The van der Waals surface area contributed by atoms with E-state index < -0.39 is 0 Å². The van der Waals surface area contributed by atoms with Crippen molar-refractivity contribution in [3.05, 3.63) is 95.6 Å². The largest absolute Gasteiger partial charge is 0.489 e. The summed E-state index contributed by atoms with van der Waals surface area (Å²) in [6, 6.07) is 26.3. The second kappa shape index (κ2) is 11.6. The van der Waals surface area contributed by atoms with Gasteiger partial charge in [-0.05, 0) is 35.1 Å². The zero-order valence-electron chi connectivity index (χ0n) is 20.0. The molecule has 3 aromatic carbocycles. The normalized spacial score (nSPS) is 15.4. The highest BCUT2D eigenvalue weighted by Crippen LogP contribution is 2.37. The summed E-state index contributed by atoms with van der Waals surface area (Å²) in [5.41, 5.74) is 3.32. The quantitative estimate of drug-likeness (QED) is 0.370. The highest BCUT2D eigenvalue weighted by atomic mass is 16.6. The van der Waals surface area contributed by atoms with Crippen molar-refractivity contribution < 1.29 is 19.0 Å². The summed E-state index contributed by atoms with van der Waals surface area (Å²) in [6.07, 6.45) is 0.647. The van der Waals surface area contributed by atoms with Gasteiger partial charge in [0, 0.05) is 25.1 Å². The standard InChI is InChI=1S/C29H33NO4/c1-22(2)19-34-29(31)30-16-15-25(18-30)27-14-13-26(32-20-23-9-5-3-6-10-23)17-28(27)33-21-24-11-7-4-8-12-24/h3-14,17,22,25H,15-16,18-21H2,1-2H3. The van der Waals surface area contributed by atoms with Crippen molar-refractivity contribution in [3.8, 4) is 11.5 Å². The van der Waals surface area contributed by atoms with Gasteiger partial charge < -0.3 is 19.1 Å². The average molecular weight is 460 g/mol. The predicted octanol–water partition coefficient (Wildman–Crippen LogP) is 6.43. The Hall–Kier alpha value is -3.47. The van der Waals surface area contributed by atoms with Crippen molar-refractivity contribution in [2.24, 2.45) is 5.92 Å². The van der Waals surface area contributed by atoms with Crippen molar-refractivity contribution in [2.45, 2.75) is 39.4 Å². The molecular weight excluding hydrogens is 426 g/mol. The third-order valence-electron chi connectivity index (χ3n) is 5.90. The van der Waals surface area contributed by atoms with Gasteiger partial charge in [0.15, 0.2) is 0 Å². The minimum atomic E-state index is -0.231. The number of benzene rings is 3. The molecule has 1 aliphatic heterocycles. The number of hydrogen-bond acceptors (Lipinski definition) is 4. The van der Waals surface area contributed by atoms with Crippen LogP contribution in [0.5, 0.6) is 11.5 Å². The van der Waals surface area contributed by atoms with E-state index in [0.717, 1.165) is 34.6 Å². The molecule has 0 bridgehead atoms. The van der Waals surface area contributed by atoms with Gasteiger partial charge in [-0.2, -0.15) is 0 Å². The summed E-state index contributed by atoms with van der Waals surface area (Å²) in [5, 5.41) is 0. The zero-order chi connectivity index (χ0) is 23.8. The zero-order valence-corrected chi connectivity index (χ0v) is 20.0. The van der Waals surface area contributed by atoms with Gasteiger partial charge in [0.25, 0.3) is 0 Å². The van der Waals surface area contributed by atoms with Gasteiger partial charge in [-0.15, -0.1) is 0 Å².